The Kier molecular flexibility index (Phi) is 4.90. The van der Waals surface area contributed by atoms with Crippen LogP contribution in [0.5, 0.6) is 5.75 Å². The fourth-order valence-corrected chi connectivity index (χ4v) is 3.86. The number of methoxy groups -OCH3 is 1. The van der Waals surface area contributed by atoms with Crippen LogP contribution in [-0.2, 0) is 0 Å². The molecule has 0 aliphatic carbocycles. The average molecular weight is 361 g/mol. The van der Waals surface area contributed by atoms with Crippen LogP contribution in [0.2, 0.25) is 5.02 Å². The van der Waals surface area contributed by atoms with Crippen molar-refractivity contribution in [2.75, 3.05) is 14.2 Å². The van der Waals surface area contributed by atoms with Crippen molar-refractivity contribution in [3.8, 4) is 5.75 Å². The Labute approximate surface area is 130 Å². The van der Waals surface area contributed by atoms with Crippen LogP contribution in [0.15, 0.2) is 28.1 Å². The second kappa shape index (κ2) is 6.27. The van der Waals surface area contributed by atoms with Gasteiger partial charge in [-0.05, 0) is 59.2 Å². The van der Waals surface area contributed by atoms with Crippen molar-refractivity contribution in [3.05, 3.63) is 49.1 Å². The molecule has 0 aliphatic rings. The molecular weight excluding hydrogens is 346 g/mol. The maximum atomic E-state index is 6.07. The molecule has 1 aromatic carbocycles. The van der Waals surface area contributed by atoms with Crippen LogP contribution in [-0.4, -0.2) is 14.2 Å². The van der Waals surface area contributed by atoms with E-state index in [-0.39, 0.29) is 6.04 Å². The van der Waals surface area contributed by atoms with Crippen LogP contribution < -0.4 is 10.1 Å². The van der Waals surface area contributed by atoms with E-state index >= 15 is 0 Å². The Morgan fingerprint density at radius 2 is 2.11 bits per heavy atom. The molecule has 2 nitrogen and oxygen atoms in total. The lowest BCUT2D eigenvalue weighted by Gasteiger charge is -2.16. The van der Waals surface area contributed by atoms with Gasteiger partial charge < -0.3 is 10.1 Å². The number of benzene rings is 1. The molecule has 2 aromatic rings. The Bertz CT molecular complexity index is 565. The van der Waals surface area contributed by atoms with E-state index in [1.54, 1.807) is 18.4 Å². The average Bonchev–Trinajstić information content (AvgIpc) is 2.72. The molecule has 0 radical (unpaired) electrons. The van der Waals surface area contributed by atoms with Gasteiger partial charge >= 0.3 is 0 Å². The number of halogens is 2. The lowest BCUT2D eigenvalue weighted by atomic mass is 10.0. The normalized spacial score (nSPS) is 12.5. The molecule has 1 aromatic heterocycles. The number of rotatable bonds is 4. The fourth-order valence-electron chi connectivity index (χ4n) is 1.95. The molecule has 0 amide bonds. The molecule has 0 bridgehead atoms. The minimum atomic E-state index is 0.140. The maximum absolute atomic E-state index is 6.07. The zero-order valence-corrected chi connectivity index (χ0v) is 14.1. The van der Waals surface area contributed by atoms with E-state index in [0.717, 1.165) is 5.56 Å². The number of thiophene rings is 1. The Morgan fingerprint density at radius 3 is 2.63 bits per heavy atom. The van der Waals surface area contributed by atoms with Gasteiger partial charge in [-0.3, -0.25) is 0 Å². The Morgan fingerprint density at radius 1 is 1.37 bits per heavy atom. The van der Waals surface area contributed by atoms with Gasteiger partial charge in [-0.15, -0.1) is 11.3 Å². The zero-order chi connectivity index (χ0) is 14.0. The number of ether oxygens (including phenoxy) is 1. The van der Waals surface area contributed by atoms with Gasteiger partial charge in [0.05, 0.1) is 22.0 Å². The van der Waals surface area contributed by atoms with E-state index in [0.29, 0.717) is 10.8 Å². The number of aryl methyl sites for hydroxylation is 1. The van der Waals surface area contributed by atoms with Crippen molar-refractivity contribution in [1.82, 2.24) is 5.32 Å². The standard InChI is InChI=1S/C14H15BrClNOS/c1-8-6-12(19-14(8)15)13(17-2)9-4-5-10(16)11(7-9)18-3/h4-7,13,17H,1-3H3. The summed E-state index contributed by atoms with van der Waals surface area (Å²) in [5, 5.41) is 3.97. The third kappa shape index (κ3) is 3.14. The van der Waals surface area contributed by atoms with Crippen molar-refractivity contribution in [2.24, 2.45) is 0 Å². The smallest absolute Gasteiger partial charge is 0.137 e. The molecule has 1 unspecified atom stereocenters. The molecule has 1 heterocycles. The highest BCUT2D eigenvalue weighted by atomic mass is 79.9. The SMILES string of the molecule is CNC(c1ccc(Cl)c(OC)c1)c1cc(C)c(Br)s1. The largest absolute Gasteiger partial charge is 0.495 e. The summed E-state index contributed by atoms with van der Waals surface area (Å²) < 4.78 is 6.45. The van der Waals surface area contributed by atoms with Gasteiger partial charge in [0.15, 0.2) is 0 Å². The highest BCUT2D eigenvalue weighted by molar-refractivity contribution is 9.11. The van der Waals surface area contributed by atoms with Gasteiger partial charge in [-0.2, -0.15) is 0 Å². The molecule has 0 aliphatic heterocycles. The van der Waals surface area contributed by atoms with Crippen molar-refractivity contribution >= 4 is 38.9 Å². The molecule has 102 valence electrons. The first-order valence-corrected chi connectivity index (χ1v) is 7.82. The van der Waals surface area contributed by atoms with Crippen LogP contribution >= 0.6 is 38.9 Å². The minimum Gasteiger partial charge on any atom is -0.495 e. The highest BCUT2D eigenvalue weighted by Gasteiger charge is 2.17. The summed E-state index contributed by atoms with van der Waals surface area (Å²) in [5.41, 5.74) is 2.39. The Hall–Kier alpha value is -0.550. The first-order valence-electron chi connectivity index (χ1n) is 5.83. The highest BCUT2D eigenvalue weighted by Crippen LogP contribution is 2.36. The molecule has 1 atom stereocenters. The van der Waals surface area contributed by atoms with Crippen molar-refractivity contribution in [2.45, 2.75) is 13.0 Å². The summed E-state index contributed by atoms with van der Waals surface area (Å²) in [5.74, 6) is 0.701. The second-order valence-electron chi connectivity index (χ2n) is 4.22. The first kappa shape index (κ1) is 14.9. The van der Waals surface area contributed by atoms with Gasteiger partial charge in [0.25, 0.3) is 0 Å². The van der Waals surface area contributed by atoms with Crippen molar-refractivity contribution in [1.29, 1.82) is 0 Å². The van der Waals surface area contributed by atoms with E-state index in [1.165, 1.54) is 14.2 Å². The third-order valence-electron chi connectivity index (χ3n) is 2.96. The fraction of sp³-hybridized carbons (Fsp3) is 0.286. The molecule has 5 heteroatoms. The van der Waals surface area contributed by atoms with E-state index in [4.69, 9.17) is 16.3 Å². The van der Waals surface area contributed by atoms with Crippen LogP contribution in [0.1, 0.15) is 22.0 Å². The molecule has 0 spiro atoms. The van der Waals surface area contributed by atoms with Gasteiger partial charge in [-0.1, -0.05) is 17.7 Å². The summed E-state index contributed by atoms with van der Waals surface area (Å²) >= 11 is 11.4. The molecule has 0 saturated heterocycles. The molecule has 2 rings (SSSR count). The summed E-state index contributed by atoms with van der Waals surface area (Å²) in [6.45, 7) is 2.10. The van der Waals surface area contributed by atoms with Crippen molar-refractivity contribution < 1.29 is 4.74 Å². The molecule has 1 N–H and O–H groups in total. The van der Waals surface area contributed by atoms with Gasteiger partial charge in [0, 0.05) is 4.88 Å². The van der Waals surface area contributed by atoms with Gasteiger partial charge in [-0.25, -0.2) is 0 Å². The van der Waals surface area contributed by atoms with Crippen molar-refractivity contribution in [3.63, 3.8) is 0 Å². The number of hydrogen-bond acceptors (Lipinski definition) is 3. The van der Waals surface area contributed by atoms with E-state index in [9.17, 15) is 0 Å². The maximum Gasteiger partial charge on any atom is 0.137 e. The zero-order valence-electron chi connectivity index (χ0n) is 11.0. The van der Waals surface area contributed by atoms with Crippen LogP contribution in [0.3, 0.4) is 0 Å². The lowest BCUT2D eigenvalue weighted by Crippen LogP contribution is -2.16. The lowest BCUT2D eigenvalue weighted by molar-refractivity contribution is 0.414. The molecule has 19 heavy (non-hydrogen) atoms. The predicted octanol–water partition coefficient (Wildman–Crippen LogP) is 4.79. The quantitative estimate of drug-likeness (QED) is 0.846. The summed E-state index contributed by atoms with van der Waals surface area (Å²) in [7, 11) is 3.58. The minimum absolute atomic E-state index is 0.140. The monoisotopic (exact) mass is 359 g/mol. The summed E-state index contributed by atoms with van der Waals surface area (Å²) in [4.78, 5) is 1.26. The Balaban J connectivity index is 2.41. The van der Waals surface area contributed by atoms with Crippen LogP contribution in [0, 0.1) is 6.92 Å². The van der Waals surface area contributed by atoms with Crippen LogP contribution in [0.25, 0.3) is 0 Å². The summed E-state index contributed by atoms with van der Waals surface area (Å²) in [6, 6.07) is 8.20. The van der Waals surface area contributed by atoms with E-state index in [2.05, 4.69) is 34.2 Å². The third-order valence-corrected chi connectivity index (χ3v) is 5.47. The topological polar surface area (TPSA) is 21.3 Å². The molecule has 0 saturated carbocycles. The first-order chi connectivity index (χ1) is 9.06. The van der Waals surface area contributed by atoms with E-state index < -0.39 is 0 Å². The number of nitrogens with one attached hydrogen (secondary N) is 1. The second-order valence-corrected chi connectivity index (χ2v) is 7.03. The van der Waals surface area contributed by atoms with Crippen LogP contribution in [0.4, 0.5) is 0 Å². The predicted molar refractivity (Wildman–Crippen MR) is 85.7 cm³/mol. The van der Waals surface area contributed by atoms with Gasteiger partial charge in [0.2, 0.25) is 0 Å². The molecular formula is C14H15BrClNOS. The van der Waals surface area contributed by atoms with E-state index in [1.807, 2.05) is 25.2 Å². The summed E-state index contributed by atoms with van der Waals surface area (Å²) in [6.07, 6.45) is 0. The number of hydrogen-bond donors (Lipinski definition) is 1. The molecule has 0 fully saturated rings. The van der Waals surface area contributed by atoms with Gasteiger partial charge in [0.1, 0.15) is 5.75 Å².